The minimum Gasteiger partial charge on any atom is -0.492 e. The molecule has 0 unspecified atom stereocenters. The summed E-state index contributed by atoms with van der Waals surface area (Å²) < 4.78 is 17.6. The lowest BCUT2D eigenvalue weighted by molar-refractivity contribution is -0.117. The summed E-state index contributed by atoms with van der Waals surface area (Å²) in [6.07, 6.45) is 0. The van der Waals surface area contributed by atoms with Crippen molar-refractivity contribution in [3.8, 4) is 5.75 Å². The number of alkyl halides is 1. The van der Waals surface area contributed by atoms with Crippen LogP contribution in [0.3, 0.4) is 0 Å². The van der Waals surface area contributed by atoms with E-state index in [-0.39, 0.29) is 5.91 Å². The van der Waals surface area contributed by atoms with Crippen molar-refractivity contribution in [2.24, 2.45) is 0 Å². The topological polar surface area (TPSA) is 38.3 Å². The number of amides is 1. The van der Waals surface area contributed by atoms with Gasteiger partial charge in [-0.3, -0.25) is 4.79 Å². The van der Waals surface area contributed by atoms with Gasteiger partial charge in [-0.2, -0.15) is 0 Å². The molecule has 5 heteroatoms. The van der Waals surface area contributed by atoms with Crippen molar-refractivity contribution in [1.29, 1.82) is 0 Å². The molecule has 17 heavy (non-hydrogen) atoms. The number of ether oxygens (including phenoxy) is 1. The van der Waals surface area contributed by atoms with Crippen LogP contribution in [0.25, 0.3) is 0 Å². The fourth-order valence-electron chi connectivity index (χ4n) is 1.15. The van der Waals surface area contributed by atoms with Crippen LogP contribution in [0.5, 0.6) is 5.75 Å². The Balaban J connectivity index is 2.94. The van der Waals surface area contributed by atoms with E-state index in [4.69, 9.17) is 4.74 Å². The molecule has 1 N–H and O–H groups in total. The normalized spacial score (nSPS) is 11.1. The summed E-state index contributed by atoms with van der Waals surface area (Å²) >= 11 is 3.25. The van der Waals surface area contributed by atoms with Crippen LogP contribution in [0.2, 0.25) is 0 Å². The van der Waals surface area contributed by atoms with Gasteiger partial charge in [-0.1, -0.05) is 15.9 Å². The van der Waals surface area contributed by atoms with E-state index in [1.54, 1.807) is 20.8 Å². The molecule has 0 radical (unpaired) electrons. The summed E-state index contributed by atoms with van der Waals surface area (Å²) in [6, 6.07) is 4.01. The zero-order valence-corrected chi connectivity index (χ0v) is 11.6. The average Bonchev–Trinajstić information content (AvgIpc) is 2.21. The third-order valence-corrected chi connectivity index (χ3v) is 2.39. The van der Waals surface area contributed by atoms with Crippen LogP contribution < -0.4 is 10.1 Å². The van der Waals surface area contributed by atoms with Crippen LogP contribution in [0.15, 0.2) is 18.2 Å². The Kier molecular flexibility index (Phi) is 4.51. The van der Waals surface area contributed by atoms with Crippen LogP contribution in [0, 0.1) is 5.82 Å². The lowest BCUT2D eigenvalue weighted by Gasteiger charge is -2.17. The molecule has 0 aliphatic carbocycles. The van der Waals surface area contributed by atoms with E-state index >= 15 is 0 Å². The fraction of sp³-hybridized carbons (Fsp3) is 0.417. The van der Waals surface area contributed by atoms with E-state index in [2.05, 4.69) is 21.2 Å². The Morgan fingerprint density at radius 3 is 2.71 bits per heavy atom. The Bertz CT molecular complexity index is 415. The molecule has 0 aliphatic rings. The lowest BCUT2D eigenvalue weighted by atomic mass is 10.2. The standard InChI is InChI=1S/C12H15BrFNO2/c1-4-17-10-7-8(14)5-6-9(10)15-11(16)12(2,3)13/h5-7H,4H2,1-3H3,(H,15,16). The first-order valence-electron chi connectivity index (χ1n) is 5.27. The zero-order chi connectivity index (χ0) is 13.1. The molecule has 0 fully saturated rings. The summed E-state index contributed by atoms with van der Waals surface area (Å²) in [7, 11) is 0. The molecule has 0 aliphatic heterocycles. The highest BCUT2D eigenvalue weighted by atomic mass is 79.9. The van der Waals surface area contributed by atoms with Gasteiger partial charge < -0.3 is 10.1 Å². The predicted octanol–water partition coefficient (Wildman–Crippen LogP) is 3.34. The van der Waals surface area contributed by atoms with Crippen molar-refractivity contribution in [2.45, 2.75) is 25.1 Å². The number of carbonyl (C=O) groups is 1. The molecule has 1 aromatic rings. The summed E-state index contributed by atoms with van der Waals surface area (Å²) in [6.45, 7) is 5.66. The second-order valence-electron chi connectivity index (χ2n) is 4.00. The van der Waals surface area contributed by atoms with Gasteiger partial charge >= 0.3 is 0 Å². The molecule has 0 atom stereocenters. The zero-order valence-electron chi connectivity index (χ0n) is 10.0. The number of hydrogen-bond acceptors (Lipinski definition) is 2. The second kappa shape index (κ2) is 5.49. The first-order chi connectivity index (χ1) is 7.84. The molecule has 0 saturated carbocycles. The van der Waals surface area contributed by atoms with Crippen molar-refractivity contribution in [3.63, 3.8) is 0 Å². The van der Waals surface area contributed by atoms with Crippen LogP contribution in [0.1, 0.15) is 20.8 Å². The van der Waals surface area contributed by atoms with Gasteiger partial charge in [0.25, 0.3) is 0 Å². The summed E-state index contributed by atoms with van der Waals surface area (Å²) in [5.74, 6) is -0.285. The molecule has 0 heterocycles. The number of halogens is 2. The SMILES string of the molecule is CCOc1cc(F)ccc1NC(=O)C(C)(C)Br. The largest absolute Gasteiger partial charge is 0.492 e. The molecule has 0 aromatic heterocycles. The summed E-state index contributed by atoms with van der Waals surface area (Å²) in [5.41, 5.74) is 0.464. The van der Waals surface area contributed by atoms with Gasteiger partial charge in [-0.25, -0.2) is 4.39 Å². The number of carbonyl (C=O) groups excluding carboxylic acids is 1. The highest BCUT2D eigenvalue weighted by Crippen LogP contribution is 2.27. The maximum atomic E-state index is 13.0. The van der Waals surface area contributed by atoms with E-state index in [9.17, 15) is 9.18 Å². The molecule has 1 amide bonds. The molecular formula is C12H15BrFNO2. The Morgan fingerprint density at radius 1 is 1.53 bits per heavy atom. The van der Waals surface area contributed by atoms with Gasteiger partial charge in [0.1, 0.15) is 11.6 Å². The number of anilines is 1. The van der Waals surface area contributed by atoms with E-state index < -0.39 is 10.1 Å². The molecule has 0 bridgehead atoms. The molecule has 94 valence electrons. The van der Waals surface area contributed by atoms with Gasteiger partial charge in [0.2, 0.25) is 5.91 Å². The van der Waals surface area contributed by atoms with Gasteiger partial charge in [0, 0.05) is 6.07 Å². The summed E-state index contributed by atoms with van der Waals surface area (Å²) in [4.78, 5) is 11.8. The maximum absolute atomic E-state index is 13.0. The van der Waals surface area contributed by atoms with Crippen LogP contribution in [0.4, 0.5) is 10.1 Å². The van der Waals surface area contributed by atoms with E-state index in [0.29, 0.717) is 18.0 Å². The molecular weight excluding hydrogens is 289 g/mol. The lowest BCUT2D eigenvalue weighted by Crippen LogP contribution is -2.31. The van der Waals surface area contributed by atoms with E-state index in [1.165, 1.54) is 18.2 Å². The second-order valence-corrected chi connectivity index (χ2v) is 5.98. The monoisotopic (exact) mass is 303 g/mol. The van der Waals surface area contributed by atoms with E-state index in [0.717, 1.165) is 0 Å². The van der Waals surface area contributed by atoms with Crippen LogP contribution in [-0.4, -0.2) is 16.8 Å². The van der Waals surface area contributed by atoms with Gasteiger partial charge in [0.05, 0.1) is 16.6 Å². The fourth-order valence-corrected chi connectivity index (χ4v) is 1.24. The quantitative estimate of drug-likeness (QED) is 0.866. The highest BCUT2D eigenvalue weighted by Gasteiger charge is 2.24. The van der Waals surface area contributed by atoms with Crippen molar-refractivity contribution in [1.82, 2.24) is 0 Å². The van der Waals surface area contributed by atoms with Crippen molar-refractivity contribution in [3.05, 3.63) is 24.0 Å². The minimum atomic E-state index is -0.690. The third kappa shape index (κ3) is 4.00. The van der Waals surface area contributed by atoms with Crippen LogP contribution in [-0.2, 0) is 4.79 Å². The van der Waals surface area contributed by atoms with Gasteiger partial charge in [-0.15, -0.1) is 0 Å². The first-order valence-corrected chi connectivity index (χ1v) is 6.06. The Morgan fingerprint density at radius 2 is 2.18 bits per heavy atom. The first kappa shape index (κ1) is 14.0. The average molecular weight is 304 g/mol. The maximum Gasteiger partial charge on any atom is 0.240 e. The predicted molar refractivity (Wildman–Crippen MR) is 69.2 cm³/mol. The van der Waals surface area contributed by atoms with Crippen molar-refractivity contribution < 1.29 is 13.9 Å². The van der Waals surface area contributed by atoms with E-state index in [1.807, 2.05) is 0 Å². The van der Waals surface area contributed by atoms with Crippen molar-refractivity contribution >= 4 is 27.5 Å². The molecule has 1 aromatic carbocycles. The Hall–Kier alpha value is -1.10. The molecule has 0 saturated heterocycles. The smallest absolute Gasteiger partial charge is 0.240 e. The van der Waals surface area contributed by atoms with Gasteiger partial charge in [0.15, 0.2) is 0 Å². The highest BCUT2D eigenvalue weighted by molar-refractivity contribution is 9.10. The number of hydrogen-bond donors (Lipinski definition) is 1. The van der Waals surface area contributed by atoms with Crippen LogP contribution >= 0.6 is 15.9 Å². The number of benzene rings is 1. The number of rotatable bonds is 4. The summed E-state index contributed by atoms with van der Waals surface area (Å²) in [5, 5.41) is 2.69. The third-order valence-electron chi connectivity index (χ3n) is 2.03. The number of nitrogens with one attached hydrogen (secondary N) is 1. The van der Waals surface area contributed by atoms with Crippen molar-refractivity contribution in [2.75, 3.05) is 11.9 Å². The van der Waals surface area contributed by atoms with Gasteiger partial charge in [-0.05, 0) is 32.9 Å². The Labute approximate surface area is 108 Å². The molecule has 3 nitrogen and oxygen atoms in total. The molecule has 1 rings (SSSR count). The molecule has 0 spiro atoms. The minimum absolute atomic E-state index is 0.218.